The summed E-state index contributed by atoms with van der Waals surface area (Å²) in [4.78, 5) is 26.0. The number of ether oxygens (including phenoxy) is 3. The maximum absolute atomic E-state index is 12.4. The number of hydrogen-bond acceptors (Lipinski definition) is 5. The Morgan fingerprint density at radius 2 is 1.57 bits per heavy atom. The van der Waals surface area contributed by atoms with Crippen LogP contribution in [0.5, 0.6) is 17.2 Å². The van der Waals surface area contributed by atoms with E-state index in [1.54, 1.807) is 37.3 Å². The van der Waals surface area contributed by atoms with Gasteiger partial charge in [0.1, 0.15) is 17.2 Å². The van der Waals surface area contributed by atoms with E-state index in [4.69, 9.17) is 14.2 Å². The van der Waals surface area contributed by atoms with Crippen LogP contribution in [0.1, 0.15) is 18.9 Å². The lowest BCUT2D eigenvalue weighted by Gasteiger charge is -2.21. The van der Waals surface area contributed by atoms with Gasteiger partial charge in [-0.2, -0.15) is 0 Å². The van der Waals surface area contributed by atoms with Crippen molar-refractivity contribution in [3.05, 3.63) is 48.0 Å². The standard InChI is InChI=1S/C21H26N2O5/c1-15(24)23(14-16-5-7-17(26-2)8-6-16)12-11-21(25)22-19-13-18(27-3)9-10-20(19)28-4/h5-10,13H,11-12,14H2,1-4H3,(H,22,25). The highest BCUT2D eigenvalue weighted by Gasteiger charge is 2.14. The zero-order valence-corrected chi connectivity index (χ0v) is 16.7. The monoisotopic (exact) mass is 386 g/mol. The molecule has 0 aliphatic rings. The fourth-order valence-electron chi connectivity index (χ4n) is 2.66. The smallest absolute Gasteiger partial charge is 0.226 e. The first-order valence-electron chi connectivity index (χ1n) is 8.87. The number of amides is 2. The third-order valence-electron chi connectivity index (χ3n) is 4.27. The molecule has 150 valence electrons. The molecule has 0 radical (unpaired) electrons. The molecule has 0 aliphatic carbocycles. The summed E-state index contributed by atoms with van der Waals surface area (Å²) in [7, 11) is 4.69. The first kappa shape index (κ1) is 21.1. The van der Waals surface area contributed by atoms with E-state index in [1.807, 2.05) is 24.3 Å². The lowest BCUT2D eigenvalue weighted by Crippen LogP contribution is -2.31. The number of rotatable bonds is 9. The molecular formula is C21H26N2O5. The second kappa shape index (κ2) is 10.2. The minimum Gasteiger partial charge on any atom is -0.497 e. The Labute approximate surface area is 165 Å². The van der Waals surface area contributed by atoms with Gasteiger partial charge in [-0.15, -0.1) is 0 Å². The number of methoxy groups -OCH3 is 3. The molecule has 0 aliphatic heterocycles. The van der Waals surface area contributed by atoms with Crippen LogP contribution in [0.25, 0.3) is 0 Å². The normalized spacial score (nSPS) is 10.1. The first-order chi connectivity index (χ1) is 13.5. The third kappa shape index (κ3) is 5.90. The fraction of sp³-hybridized carbons (Fsp3) is 0.333. The van der Waals surface area contributed by atoms with Gasteiger partial charge in [0.2, 0.25) is 11.8 Å². The second-order valence-electron chi connectivity index (χ2n) is 6.15. The summed E-state index contributed by atoms with van der Waals surface area (Å²) in [6, 6.07) is 12.6. The largest absolute Gasteiger partial charge is 0.497 e. The number of hydrogen-bond donors (Lipinski definition) is 1. The highest BCUT2D eigenvalue weighted by atomic mass is 16.5. The molecule has 2 aromatic rings. The van der Waals surface area contributed by atoms with Crippen molar-refractivity contribution in [3.63, 3.8) is 0 Å². The molecule has 0 atom stereocenters. The van der Waals surface area contributed by atoms with Gasteiger partial charge in [0.05, 0.1) is 27.0 Å². The summed E-state index contributed by atoms with van der Waals surface area (Å²) in [6.07, 6.45) is 0.163. The lowest BCUT2D eigenvalue weighted by molar-refractivity contribution is -0.129. The first-order valence-corrected chi connectivity index (χ1v) is 8.87. The zero-order chi connectivity index (χ0) is 20.5. The molecule has 7 nitrogen and oxygen atoms in total. The second-order valence-corrected chi connectivity index (χ2v) is 6.15. The summed E-state index contributed by atoms with van der Waals surface area (Å²) in [5.41, 5.74) is 1.49. The number of nitrogens with one attached hydrogen (secondary N) is 1. The van der Waals surface area contributed by atoms with Gasteiger partial charge in [0.15, 0.2) is 0 Å². The number of nitrogens with zero attached hydrogens (tertiary/aromatic N) is 1. The predicted octanol–water partition coefficient (Wildman–Crippen LogP) is 3.09. The van der Waals surface area contributed by atoms with Crippen LogP contribution in [-0.4, -0.2) is 44.6 Å². The van der Waals surface area contributed by atoms with Crippen molar-refractivity contribution in [2.24, 2.45) is 0 Å². The van der Waals surface area contributed by atoms with Crippen molar-refractivity contribution in [1.82, 2.24) is 4.90 Å². The molecular weight excluding hydrogens is 360 g/mol. The number of carbonyl (C=O) groups excluding carboxylic acids is 2. The number of anilines is 1. The highest BCUT2D eigenvalue weighted by Crippen LogP contribution is 2.29. The number of carbonyl (C=O) groups is 2. The van der Waals surface area contributed by atoms with Crippen LogP contribution in [-0.2, 0) is 16.1 Å². The van der Waals surface area contributed by atoms with Crippen molar-refractivity contribution in [3.8, 4) is 17.2 Å². The van der Waals surface area contributed by atoms with Crippen LogP contribution >= 0.6 is 0 Å². The summed E-state index contributed by atoms with van der Waals surface area (Å²) in [6.45, 7) is 2.22. The molecule has 2 rings (SSSR count). The Kier molecular flexibility index (Phi) is 7.68. The maximum Gasteiger partial charge on any atom is 0.226 e. The van der Waals surface area contributed by atoms with E-state index in [9.17, 15) is 9.59 Å². The van der Waals surface area contributed by atoms with Gasteiger partial charge in [-0.3, -0.25) is 9.59 Å². The Morgan fingerprint density at radius 1 is 0.929 bits per heavy atom. The highest BCUT2D eigenvalue weighted by molar-refractivity contribution is 5.93. The van der Waals surface area contributed by atoms with Gasteiger partial charge in [0.25, 0.3) is 0 Å². The Bertz CT molecular complexity index is 805. The van der Waals surface area contributed by atoms with Crippen molar-refractivity contribution >= 4 is 17.5 Å². The molecule has 7 heteroatoms. The van der Waals surface area contributed by atoms with E-state index in [-0.39, 0.29) is 18.2 Å². The van der Waals surface area contributed by atoms with Gasteiger partial charge < -0.3 is 24.4 Å². The summed E-state index contributed by atoms with van der Waals surface area (Å²) < 4.78 is 15.6. The van der Waals surface area contributed by atoms with Gasteiger partial charge in [-0.1, -0.05) is 12.1 Å². The van der Waals surface area contributed by atoms with E-state index in [0.717, 1.165) is 11.3 Å². The molecule has 28 heavy (non-hydrogen) atoms. The average Bonchev–Trinajstić information content (AvgIpc) is 2.71. The topological polar surface area (TPSA) is 77.1 Å². The third-order valence-corrected chi connectivity index (χ3v) is 4.27. The van der Waals surface area contributed by atoms with Gasteiger partial charge in [-0.05, 0) is 29.8 Å². The Morgan fingerprint density at radius 3 is 2.14 bits per heavy atom. The Hall–Kier alpha value is -3.22. The van der Waals surface area contributed by atoms with Crippen LogP contribution in [0.2, 0.25) is 0 Å². The lowest BCUT2D eigenvalue weighted by atomic mass is 10.2. The molecule has 0 bridgehead atoms. The molecule has 1 N–H and O–H groups in total. The molecule has 2 amide bonds. The molecule has 0 spiro atoms. The SMILES string of the molecule is COc1ccc(CN(CCC(=O)Nc2cc(OC)ccc2OC)C(C)=O)cc1. The fourth-order valence-corrected chi connectivity index (χ4v) is 2.66. The molecule has 0 saturated carbocycles. The van der Waals surface area contributed by atoms with Crippen molar-refractivity contribution in [2.45, 2.75) is 19.9 Å². The summed E-state index contributed by atoms with van der Waals surface area (Å²) >= 11 is 0. The van der Waals surface area contributed by atoms with E-state index >= 15 is 0 Å². The molecule has 0 saturated heterocycles. The van der Waals surface area contributed by atoms with E-state index in [0.29, 0.717) is 30.3 Å². The maximum atomic E-state index is 12.4. The van der Waals surface area contributed by atoms with Crippen molar-refractivity contribution in [1.29, 1.82) is 0 Å². The predicted molar refractivity (Wildman–Crippen MR) is 107 cm³/mol. The Balaban J connectivity index is 1.97. The van der Waals surface area contributed by atoms with E-state index in [1.165, 1.54) is 14.0 Å². The quantitative estimate of drug-likeness (QED) is 0.717. The van der Waals surface area contributed by atoms with E-state index in [2.05, 4.69) is 5.32 Å². The number of benzene rings is 2. The van der Waals surface area contributed by atoms with Crippen molar-refractivity contribution in [2.75, 3.05) is 33.2 Å². The zero-order valence-electron chi connectivity index (χ0n) is 16.7. The summed E-state index contributed by atoms with van der Waals surface area (Å²) in [5.74, 6) is 1.59. The van der Waals surface area contributed by atoms with Crippen LogP contribution in [0, 0.1) is 0 Å². The molecule has 0 aromatic heterocycles. The van der Waals surface area contributed by atoms with Gasteiger partial charge in [-0.25, -0.2) is 0 Å². The van der Waals surface area contributed by atoms with Crippen LogP contribution in [0.15, 0.2) is 42.5 Å². The molecule has 2 aromatic carbocycles. The van der Waals surface area contributed by atoms with Crippen LogP contribution in [0.4, 0.5) is 5.69 Å². The summed E-state index contributed by atoms with van der Waals surface area (Å²) in [5, 5.41) is 2.81. The van der Waals surface area contributed by atoms with Crippen molar-refractivity contribution < 1.29 is 23.8 Å². The molecule has 0 unspecified atom stereocenters. The minimum atomic E-state index is -0.215. The molecule has 0 heterocycles. The minimum absolute atomic E-state index is 0.0948. The van der Waals surface area contributed by atoms with Gasteiger partial charge in [0, 0.05) is 32.5 Å². The van der Waals surface area contributed by atoms with Gasteiger partial charge >= 0.3 is 0 Å². The van der Waals surface area contributed by atoms with Crippen LogP contribution in [0.3, 0.4) is 0 Å². The van der Waals surface area contributed by atoms with Crippen LogP contribution < -0.4 is 19.5 Å². The average molecular weight is 386 g/mol. The van der Waals surface area contributed by atoms with E-state index < -0.39 is 0 Å². The molecule has 0 fully saturated rings.